The van der Waals surface area contributed by atoms with Gasteiger partial charge in [-0.15, -0.1) is 0 Å². The van der Waals surface area contributed by atoms with Gasteiger partial charge < -0.3 is 9.80 Å². The predicted molar refractivity (Wildman–Crippen MR) is 118 cm³/mol. The molecule has 31 heavy (non-hydrogen) atoms. The third kappa shape index (κ3) is 5.17. The van der Waals surface area contributed by atoms with Crippen molar-refractivity contribution in [3.8, 4) is 11.3 Å². The van der Waals surface area contributed by atoms with E-state index in [1.165, 1.54) is 28.6 Å². The summed E-state index contributed by atoms with van der Waals surface area (Å²) in [6.07, 6.45) is 0.914. The summed E-state index contributed by atoms with van der Waals surface area (Å²) in [6.45, 7) is 3.40. The van der Waals surface area contributed by atoms with E-state index in [4.69, 9.17) is 0 Å². The Kier molecular flexibility index (Phi) is 6.40. The normalized spacial score (nSPS) is 14.0. The summed E-state index contributed by atoms with van der Waals surface area (Å²) in [5.74, 6) is -0.212. The van der Waals surface area contributed by atoms with Crippen molar-refractivity contribution in [2.75, 3.05) is 31.1 Å². The van der Waals surface area contributed by atoms with Crippen molar-refractivity contribution in [1.29, 1.82) is 0 Å². The molecule has 2 heterocycles. The minimum absolute atomic E-state index is 0.107. The molecule has 0 N–H and O–H groups in total. The highest BCUT2D eigenvalue weighted by Crippen LogP contribution is 2.17. The number of aryl methyl sites for hydroxylation is 1. The summed E-state index contributed by atoms with van der Waals surface area (Å²) in [5.41, 5.74) is 2.31. The van der Waals surface area contributed by atoms with E-state index >= 15 is 0 Å². The largest absolute Gasteiger partial charge is 0.368 e. The number of halogens is 1. The molecule has 0 unspecified atom stereocenters. The number of para-hydroxylation sites is 1. The summed E-state index contributed by atoms with van der Waals surface area (Å²) < 4.78 is 14.5. The van der Waals surface area contributed by atoms with Gasteiger partial charge in [0, 0.05) is 56.5 Å². The van der Waals surface area contributed by atoms with Gasteiger partial charge in [0.2, 0.25) is 5.91 Å². The van der Waals surface area contributed by atoms with Crippen LogP contribution in [0.5, 0.6) is 0 Å². The number of carbonyl (C=O) groups is 1. The molecule has 1 aliphatic rings. The lowest BCUT2D eigenvalue weighted by atomic mass is 10.1. The topological polar surface area (TPSA) is 58.4 Å². The third-order valence-corrected chi connectivity index (χ3v) is 5.52. The molecule has 1 amide bonds. The fraction of sp³-hybridized carbons (Fsp3) is 0.292. The van der Waals surface area contributed by atoms with Gasteiger partial charge in [0.25, 0.3) is 5.56 Å². The van der Waals surface area contributed by atoms with Crippen molar-refractivity contribution in [1.82, 2.24) is 14.7 Å². The number of carbonyl (C=O) groups excluding carboxylic acids is 1. The number of hydrogen-bond donors (Lipinski definition) is 0. The molecule has 1 saturated heterocycles. The van der Waals surface area contributed by atoms with Crippen molar-refractivity contribution in [2.45, 2.75) is 19.4 Å². The first-order valence-electron chi connectivity index (χ1n) is 10.5. The Morgan fingerprint density at radius 2 is 1.61 bits per heavy atom. The molecular formula is C24H25FN4O2. The number of hydrogen-bond acceptors (Lipinski definition) is 4. The van der Waals surface area contributed by atoms with Crippen LogP contribution in [0.25, 0.3) is 11.3 Å². The van der Waals surface area contributed by atoms with E-state index in [0.29, 0.717) is 38.2 Å². The van der Waals surface area contributed by atoms with E-state index in [0.717, 1.165) is 18.7 Å². The summed E-state index contributed by atoms with van der Waals surface area (Å²) >= 11 is 0. The number of amides is 1. The van der Waals surface area contributed by atoms with Crippen molar-refractivity contribution in [2.24, 2.45) is 0 Å². The monoisotopic (exact) mass is 420 g/mol. The number of anilines is 1. The maximum atomic E-state index is 13.1. The number of benzene rings is 2. The van der Waals surface area contributed by atoms with Crippen LogP contribution in [0.1, 0.15) is 12.8 Å². The highest BCUT2D eigenvalue weighted by atomic mass is 19.1. The van der Waals surface area contributed by atoms with Gasteiger partial charge in [-0.3, -0.25) is 9.59 Å². The maximum Gasteiger partial charge on any atom is 0.266 e. The van der Waals surface area contributed by atoms with Crippen LogP contribution in [0.4, 0.5) is 10.1 Å². The molecular weight excluding hydrogens is 395 g/mol. The molecule has 0 radical (unpaired) electrons. The first kappa shape index (κ1) is 20.8. The molecule has 1 fully saturated rings. The zero-order valence-corrected chi connectivity index (χ0v) is 17.3. The Hall–Kier alpha value is -3.48. The van der Waals surface area contributed by atoms with Gasteiger partial charge in [-0.25, -0.2) is 9.07 Å². The Morgan fingerprint density at radius 3 is 2.32 bits per heavy atom. The van der Waals surface area contributed by atoms with Crippen molar-refractivity contribution in [3.05, 3.63) is 82.9 Å². The maximum absolute atomic E-state index is 13.1. The van der Waals surface area contributed by atoms with E-state index in [2.05, 4.69) is 22.1 Å². The van der Waals surface area contributed by atoms with E-state index in [1.54, 1.807) is 18.2 Å². The van der Waals surface area contributed by atoms with Crippen LogP contribution in [0.2, 0.25) is 0 Å². The molecule has 0 bridgehead atoms. The van der Waals surface area contributed by atoms with Crippen LogP contribution < -0.4 is 10.5 Å². The molecule has 160 valence electrons. The number of rotatable bonds is 6. The average Bonchev–Trinajstić information content (AvgIpc) is 2.81. The molecule has 0 atom stereocenters. The summed E-state index contributed by atoms with van der Waals surface area (Å²) in [7, 11) is 0. The van der Waals surface area contributed by atoms with Gasteiger partial charge in [0.05, 0.1) is 5.69 Å². The Balaban J connectivity index is 1.29. The van der Waals surface area contributed by atoms with Crippen molar-refractivity contribution in [3.63, 3.8) is 0 Å². The minimum Gasteiger partial charge on any atom is -0.368 e. The second-order valence-electron chi connectivity index (χ2n) is 7.59. The van der Waals surface area contributed by atoms with E-state index in [-0.39, 0.29) is 17.3 Å². The van der Waals surface area contributed by atoms with E-state index in [1.807, 2.05) is 23.1 Å². The summed E-state index contributed by atoms with van der Waals surface area (Å²) in [5, 5.41) is 4.38. The SMILES string of the molecule is O=C(CCCn1nc(-c2ccc(F)cc2)ccc1=O)N1CCN(c2ccccc2)CC1. The molecule has 0 spiro atoms. The molecule has 6 nitrogen and oxygen atoms in total. The minimum atomic E-state index is -0.319. The standard InChI is InChI=1S/C24H25FN4O2/c25-20-10-8-19(9-11-20)22-12-13-24(31)29(26-22)14-4-7-23(30)28-17-15-27(16-18-28)21-5-2-1-3-6-21/h1-3,5-6,8-13H,4,7,14-18H2. The fourth-order valence-corrected chi connectivity index (χ4v) is 3.77. The lowest BCUT2D eigenvalue weighted by molar-refractivity contribution is -0.131. The lowest BCUT2D eigenvalue weighted by Crippen LogP contribution is -2.48. The van der Waals surface area contributed by atoms with Crippen molar-refractivity contribution >= 4 is 11.6 Å². The zero-order valence-electron chi connectivity index (χ0n) is 17.3. The number of aromatic nitrogens is 2. The van der Waals surface area contributed by atoms with E-state index < -0.39 is 0 Å². The van der Waals surface area contributed by atoms with Crippen LogP contribution in [0.15, 0.2) is 71.5 Å². The van der Waals surface area contributed by atoms with Crippen molar-refractivity contribution < 1.29 is 9.18 Å². The second kappa shape index (κ2) is 9.55. The molecule has 4 rings (SSSR count). The molecule has 1 aliphatic heterocycles. The van der Waals surface area contributed by atoms with Gasteiger partial charge in [-0.05, 0) is 48.9 Å². The lowest BCUT2D eigenvalue weighted by Gasteiger charge is -2.36. The summed E-state index contributed by atoms with van der Waals surface area (Å²) in [6, 6.07) is 19.3. The Morgan fingerprint density at radius 1 is 0.903 bits per heavy atom. The first-order chi connectivity index (χ1) is 15.1. The Bertz CT molecular complexity index is 1070. The molecule has 0 saturated carbocycles. The van der Waals surface area contributed by atoms with Crippen LogP contribution in [-0.2, 0) is 11.3 Å². The summed E-state index contributed by atoms with van der Waals surface area (Å²) in [4.78, 5) is 28.9. The molecule has 1 aromatic heterocycles. The number of nitrogens with zero attached hydrogens (tertiary/aromatic N) is 4. The van der Waals surface area contributed by atoms with E-state index in [9.17, 15) is 14.0 Å². The molecule has 0 aliphatic carbocycles. The average molecular weight is 420 g/mol. The zero-order chi connectivity index (χ0) is 21.6. The molecule has 3 aromatic rings. The van der Waals surface area contributed by atoms with Crippen LogP contribution in [0.3, 0.4) is 0 Å². The predicted octanol–water partition coefficient (Wildman–Crippen LogP) is 3.18. The second-order valence-corrected chi connectivity index (χ2v) is 7.59. The van der Waals surface area contributed by atoms with Gasteiger partial charge >= 0.3 is 0 Å². The van der Waals surface area contributed by atoms with Crippen LogP contribution >= 0.6 is 0 Å². The van der Waals surface area contributed by atoms with Crippen LogP contribution in [-0.4, -0.2) is 46.8 Å². The van der Waals surface area contributed by atoms with Gasteiger partial charge in [-0.1, -0.05) is 18.2 Å². The third-order valence-electron chi connectivity index (χ3n) is 5.52. The first-order valence-corrected chi connectivity index (χ1v) is 10.5. The smallest absolute Gasteiger partial charge is 0.266 e. The quantitative estimate of drug-likeness (QED) is 0.615. The Labute approximate surface area is 180 Å². The van der Waals surface area contributed by atoms with Gasteiger partial charge in [0.15, 0.2) is 0 Å². The number of piperazine rings is 1. The highest BCUT2D eigenvalue weighted by molar-refractivity contribution is 5.76. The van der Waals surface area contributed by atoms with Gasteiger partial charge in [-0.2, -0.15) is 5.10 Å². The molecule has 2 aromatic carbocycles. The fourth-order valence-electron chi connectivity index (χ4n) is 3.77. The van der Waals surface area contributed by atoms with Gasteiger partial charge in [0.1, 0.15) is 5.82 Å². The van der Waals surface area contributed by atoms with Crippen LogP contribution in [0, 0.1) is 5.82 Å². The molecule has 7 heteroatoms. The highest BCUT2D eigenvalue weighted by Gasteiger charge is 2.20.